The molecular formula is C11H16ClN3. The van der Waals surface area contributed by atoms with Gasteiger partial charge in [0.05, 0.1) is 5.69 Å². The molecule has 1 heterocycles. The molecule has 0 bridgehead atoms. The van der Waals surface area contributed by atoms with Crippen molar-refractivity contribution in [2.24, 2.45) is 5.92 Å². The van der Waals surface area contributed by atoms with Gasteiger partial charge in [-0.2, -0.15) is 5.10 Å². The Kier molecular flexibility index (Phi) is 3.41. The van der Waals surface area contributed by atoms with E-state index in [0.29, 0.717) is 11.3 Å². The van der Waals surface area contributed by atoms with Crippen LogP contribution in [0.25, 0.3) is 0 Å². The molecule has 2 unspecified atom stereocenters. The molecule has 1 N–H and O–H groups in total. The monoisotopic (exact) mass is 225 g/mol. The fourth-order valence-electron chi connectivity index (χ4n) is 1.95. The average Bonchev–Trinajstić information content (AvgIpc) is 2.63. The molecule has 0 aliphatic heterocycles. The largest absolute Gasteiger partial charge is 0.368 e. The molecule has 3 nitrogen and oxygen atoms in total. The van der Waals surface area contributed by atoms with Gasteiger partial charge in [-0.05, 0) is 37.8 Å². The topological polar surface area (TPSA) is 37.8 Å². The van der Waals surface area contributed by atoms with Gasteiger partial charge in [-0.15, -0.1) is 16.7 Å². The van der Waals surface area contributed by atoms with Crippen molar-refractivity contribution < 1.29 is 0 Å². The maximum absolute atomic E-state index is 6.19. The smallest absolute Gasteiger partial charge is 0.148 e. The number of aromatic nitrogens is 2. The van der Waals surface area contributed by atoms with E-state index >= 15 is 0 Å². The third kappa shape index (κ3) is 2.81. The summed E-state index contributed by atoms with van der Waals surface area (Å²) in [6, 6.07) is 3.92. The summed E-state index contributed by atoms with van der Waals surface area (Å²) in [7, 11) is 0. The molecule has 1 fully saturated rings. The Morgan fingerprint density at radius 1 is 1.40 bits per heavy atom. The molecule has 1 saturated carbocycles. The van der Waals surface area contributed by atoms with Gasteiger partial charge in [0.15, 0.2) is 0 Å². The van der Waals surface area contributed by atoms with Crippen LogP contribution in [0.2, 0.25) is 0 Å². The second-order valence-corrected chi connectivity index (χ2v) is 4.71. The van der Waals surface area contributed by atoms with E-state index in [2.05, 4.69) is 15.5 Å². The van der Waals surface area contributed by atoms with E-state index in [0.717, 1.165) is 24.5 Å². The van der Waals surface area contributed by atoms with E-state index in [-0.39, 0.29) is 0 Å². The van der Waals surface area contributed by atoms with Crippen LogP contribution >= 0.6 is 11.6 Å². The highest BCUT2D eigenvalue weighted by Gasteiger charge is 2.24. The van der Waals surface area contributed by atoms with Crippen molar-refractivity contribution >= 4 is 17.4 Å². The van der Waals surface area contributed by atoms with Crippen LogP contribution in [-0.2, 0) is 0 Å². The predicted octanol–water partition coefficient (Wildman–Crippen LogP) is 2.60. The Balaban J connectivity index is 1.85. The minimum Gasteiger partial charge on any atom is -0.368 e. The van der Waals surface area contributed by atoms with Crippen LogP contribution in [0.4, 0.5) is 5.82 Å². The zero-order valence-electron chi connectivity index (χ0n) is 8.91. The fraction of sp³-hybridized carbons (Fsp3) is 0.636. The first-order chi connectivity index (χ1) is 7.25. The maximum atomic E-state index is 6.19. The number of anilines is 1. The lowest BCUT2D eigenvalue weighted by Gasteiger charge is -2.14. The van der Waals surface area contributed by atoms with E-state index in [9.17, 15) is 0 Å². The van der Waals surface area contributed by atoms with E-state index < -0.39 is 0 Å². The number of hydrogen-bond acceptors (Lipinski definition) is 3. The van der Waals surface area contributed by atoms with Crippen LogP contribution in [0, 0.1) is 12.8 Å². The minimum atomic E-state index is 0.330. The molecule has 15 heavy (non-hydrogen) atoms. The molecule has 82 valence electrons. The maximum Gasteiger partial charge on any atom is 0.148 e. The van der Waals surface area contributed by atoms with Crippen molar-refractivity contribution in [3.05, 3.63) is 17.8 Å². The van der Waals surface area contributed by atoms with Gasteiger partial charge in [-0.3, -0.25) is 0 Å². The zero-order valence-corrected chi connectivity index (χ0v) is 9.67. The summed E-state index contributed by atoms with van der Waals surface area (Å²) < 4.78 is 0. The first kappa shape index (κ1) is 10.7. The second kappa shape index (κ2) is 4.79. The standard InChI is InChI=1S/C11H16ClN3/c1-8-5-6-11(15-14-8)13-7-9-3-2-4-10(9)12/h5-6,9-10H,2-4,7H2,1H3,(H,13,15). The quantitative estimate of drug-likeness (QED) is 0.804. The number of alkyl halides is 1. The predicted molar refractivity (Wildman–Crippen MR) is 62.2 cm³/mol. The minimum absolute atomic E-state index is 0.330. The highest BCUT2D eigenvalue weighted by Crippen LogP contribution is 2.29. The number of rotatable bonds is 3. The molecule has 1 aromatic heterocycles. The summed E-state index contributed by atoms with van der Waals surface area (Å²) in [5, 5.41) is 11.7. The van der Waals surface area contributed by atoms with E-state index in [4.69, 9.17) is 11.6 Å². The summed E-state index contributed by atoms with van der Waals surface area (Å²) in [4.78, 5) is 0. The van der Waals surface area contributed by atoms with E-state index in [1.807, 2.05) is 19.1 Å². The SMILES string of the molecule is Cc1ccc(NCC2CCCC2Cl)nn1. The molecule has 0 aromatic carbocycles. The van der Waals surface area contributed by atoms with Gasteiger partial charge < -0.3 is 5.32 Å². The Morgan fingerprint density at radius 2 is 2.27 bits per heavy atom. The van der Waals surface area contributed by atoms with Gasteiger partial charge in [0, 0.05) is 11.9 Å². The van der Waals surface area contributed by atoms with Crippen molar-refractivity contribution in [1.82, 2.24) is 10.2 Å². The highest BCUT2D eigenvalue weighted by molar-refractivity contribution is 6.20. The lowest BCUT2D eigenvalue weighted by atomic mass is 10.1. The van der Waals surface area contributed by atoms with Crippen molar-refractivity contribution in [3.8, 4) is 0 Å². The molecule has 1 aliphatic rings. The van der Waals surface area contributed by atoms with Crippen molar-refractivity contribution in [2.75, 3.05) is 11.9 Å². The number of nitrogens with one attached hydrogen (secondary N) is 1. The van der Waals surface area contributed by atoms with E-state index in [1.54, 1.807) is 0 Å². The number of nitrogens with zero attached hydrogens (tertiary/aromatic N) is 2. The third-order valence-corrected chi connectivity index (χ3v) is 3.48. The van der Waals surface area contributed by atoms with Crippen LogP contribution in [0.1, 0.15) is 25.0 Å². The molecular weight excluding hydrogens is 210 g/mol. The van der Waals surface area contributed by atoms with Gasteiger partial charge in [0.1, 0.15) is 5.82 Å². The third-order valence-electron chi connectivity index (χ3n) is 2.91. The van der Waals surface area contributed by atoms with E-state index in [1.165, 1.54) is 12.8 Å². The van der Waals surface area contributed by atoms with Crippen molar-refractivity contribution in [2.45, 2.75) is 31.6 Å². The van der Waals surface area contributed by atoms with Gasteiger partial charge in [-0.25, -0.2) is 0 Å². The first-order valence-electron chi connectivity index (χ1n) is 5.44. The van der Waals surface area contributed by atoms with Crippen LogP contribution in [0.5, 0.6) is 0 Å². The molecule has 1 aromatic rings. The lowest BCUT2D eigenvalue weighted by Crippen LogP contribution is -2.19. The average molecular weight is 226 g/mol. The zero-order chi connectivity index (χ0) is 10.7. The molecule has 2 atom stereocenters. The molecule has 4 heteroatoms. The fourth-order valence-corrected chi connectivity index (χ4v) is 2.32. The van der Waals surface area contributed by atoms with Crippen LogP contribution in [0.15, 0.2) is 12.1 Å². The summed E-state index contributed by atoms with van der Waals surface area (Å²) in [5.74, 6) is 1.42. The summed E-state index contributed by atoms with van der Waals surface area (Å²) >= 11 is 6.19. The number of hydrogen-bond donors (Lipinski definition) is 1. The normalized spacial score (nSPS) is 25.5. The molecule has 0 saturated heterocycles. The number of aryl methyl sites for hydroxylation is 1. The van der Waals surface area contributed by atoms with Crippen LogP contribution in [-0.4, -0.2) is 22.1 Å². The summed E-state index contributed by atoms with van der Waals surface area (Å²) in [6.07, 6.45) is 3.62. The Labute approximate surface area is 95.2 Å². The summed E-state index contributed by atoms with van der Waals surface area (Å²) in [5.41, 5.74) is 0.941. The van der Waals surface area contributed by atoms with Gasteiger partial charge in [0.25, 0.3) is 0 Å². The van der Waals surface area contributed by atoms with Crippen molar-refractivity contribution in [1.29, 1.82) is 0 Å². The van der Waals surface area contributed by atoms with Gasteiger partial charge in [0.2, 0.25) is 0 Å². The molecule has 2 rings (SSSR count). The second-order valence-electron chi connectivity index (χ2n) is 4.15. The van der Waals surface area contributed by atoms with Gasteiger partial charge >= 0.3 is 0 Å². The Bertz CT molecular complexity index is 312. The van der Waals surface area contributed by atoms with Crippen LogP contribution < -0.4 is 5.32 Å². The lowest BCUT2D eigenvalue weighted by molar-refractivity contribution is 0.584. The van der Waals surface area contributed by atoms with Gasteiger partial charge in [-0.1, -0.05) is 6.42 Å². The highest BCUT2D eigenvalue weighted by atomic mass is 35.5. The Morgan fingerprint density at radius 3 is 2.87 bits per heavy atom. The molecule has 0 spiro atoms. The first-order valence-corrected chi connectivity index (χ1v) is 5.87. The molecule has 1 aliphatic carbocycles. The molecule has 0 amide bonds. The number of halogens is 1. The Hall–Kier alpha value is -0.830. The van der Waals surface area contributed by atoms with Crippen molar-refractivity contribution in [3.63, 3.8) is 0 Å². The summed E-state index contributed by atoms with van der Waals surface area (Å²) in [6.45, 7) is 2.84. The molecule has 0 radical (unpaired) electrons. The van der Waals surface area contributed by atoms with Crippen LogP contribution in [0.3, 0.4) is 0 Å².